The highest BCUT2D eigenvalue weighted by molar-refractivity contribution is 8.00. The lowest BCUT2D eigenvalue weighted by atomic mass is 10.0. The van der Waals surface area contributed by atoms with Crippen LogP contribution in [0.1, 0.15) is 40.4 Å². The first-order valence-corrected chi connectivity index (χ1v) is 18.3. The lowest BCUT2D eigenvalue weighted by molar-refractivity contribution is -0.377. The van der Waals surface area contributed by atoms with Crippen molar-refractivity contribution in [2.75, 3.05) is 40.1 Å². The summed E-state index contributed by atoms with van der Waals surface area (Å²) in [4.78, 5) is 31.6. The lowest BCUT2D eigenvalue weighted by Gasteiger charge is -2.26. The number of nitrogens with one attached hydrogen (secondary N) is 1. The van der Waals surface area contributed by atoms with Gasteiger partial charge in [-0.25, -0.2) is 22.5 Å². The van der Waals surface area contributed by atoms with Crippen LogP contribution < -0.4 is 19.2 Å². The molecule has 17 heteroatoms. The third-order valence-electron chi connectivity index (χ3n) is 7.89. The van der Waals surface area contributed by atoms with Crippen LogP contribution in [0.5, 0.6) is 17.2 Å². The molecule has 2 heterocycles. The minimum atomic E-state index is -3.98. The molecule has 1 saturated heterocycles. The van der Waals surface area contributed by atoms with E-state index in [4.69, 9.17) is 37.4 Å². The third-order valence-corrected chi connectivity index (χ3v) is 11.6. The number of sulfonamides is 1. The van der Waals surface area contributed by atoms with Gasteiger partial charge in [0.1, 0.15) is 26.8 Å². The smallest absolute Gasteiger partial charge is 0.387 e. The maximum Gasteiger partial charge on any atom is 0.387 e. The first-order chi connectivity index (χ1) is 23.3. The second kappa shape index (κ2) is 15.7. The standard InChI is InChI=1S/C32H33Cl2F2N3O8S2/c1-38(2)49(42,43)28-13-20(7-9-25(28)44-3)29(40)39-10-11-48-30(39)31(41)46-26(14-21-22(33)15-37-16-23(21)34)19-6-8-24(47-32(35)36)27(12-19)45-17-18-4-5-18/h6-9,12-13,15-16,18,26,30,32H,4-5,10-11,14,17H2,1-3H3/p+1/t26-,30?/m0/s1. The highest BCUT2D eigenvalue weighted by Crippen LogP contribution is 2.39. The summed E-state index contributed by atoms with van der Waals surface area (Å²) in [5, 5.41) is -0.550. The first-order valence-electron chi connectivity index (χ1n) is 15.1. The quantitative estimate of drug-likeness (QED) is 0.196. The number of nitrogens with zero attached hydrogens (tertiary/aromatic N) is 2. The second-order valence-corrected chi connectivity index (χ2v) is 15.6. The number of benzene rings is 2. The number of halogens is 4. The summed E-state index contributed by atoms with van der Waals surface area (Å²) in [6, 6.07) is 8.29. The molecule has 0 radical (unpaired) electrons. The van der Waals surface area contributed by atoms with Crippen LogP contribution in [-0.4, -0.2) is 81.6 Å². The summed E-state index contributed by atoms with van der Waals surface area (Å²) in [6.07, 6.45) is 3.89. The monoisotopic (exact) mass is 760 g/mol. The average Bonchev–Trinajstić information content (AvgIpc) is 3.77. The second-order valence-electron chi connectivity index (χ2n) is 11.5. The zero-order chi connectivity index (χ0) is 35.5. The van der Waals surface area contributed by atoms with Crippen LogP contribution in [-0.2, 0) is 26.0 Å². The van der Waals surface area contributed by atoms with E-state index in [0.29, 0.717) is 29.4 Å². The van der Waals surface area contributed by atoms with Gasteiger partial charge in [0.15, 0.2) is 29.3 Å². The molecule has 3 aromatic rings. The van der Waals surface area contributed by atoms with Gasteiger partial charge in [0.05, 0.1) is 13.7 Å². The number of pyridine rings is 1. The lowest BCUT2D eigenvalue weighted by Crippen LogP contribution is -2.41. The van der Waals surface area contributed by atoms with E-state index in [1.54, 1.807) is 0 Å². The van der Waals surface area contributed by atoms with Gasteiger partial charge < -0.3 is 23.8 Å². The maximum atomic E-state index is 13.9. The van der Waals surface area contributed by atoms with E-state index in [2.05, 4.69) is 9.72 Å². The van der Waals surface area contributed by atoms with Crippen LogP contribution in [0.15, 0.2) is 53.7 Å². The van der Waals surface area contributed by atoms with E-state index < -0.39 is 40.0 Å². The number of carbonyl (C=O) groups excluding carboxylic acids is 2. The van der Waals surface area contributed by atoms with E-state index >= 15 is 0 Å². The van der Waals surface area contributed by atoms with Gasteiger partial charge in [0.25, 0.3) is 5.91 Å². The number of amides is 1. The molecule has 2 aliphatic rings. The van der Waals surface area contributed by atoms with Crippen molar-refractivity contribution in [1.82, 2.24) is 9.21 Å². The van der Waals surface area contributed by atoms with Crippen molar-refractivity contribution in [1.29, 1.82) is 0 Å². The van der Waals surface area contributed by atoms with Crippen LogP contribution in [0.4, 0.5) is 8.78 Å². The highest BCUT2D eigenvalue weighted by atomic mass is 35.5. The van der Waals surface area contributed by atoms with Crippen LogP contribution in [0, 0.1) is 5.92 Å². The van der Waals surface area contributed by atoms with Gasteiger partial charge >= 0.3 is 12.6 Å². The molecule has 0 spiro atoms. The molecule has 1 N–H and O–H groups in total. The van der Waals surface area contributed by atoms with Crippen LogP contribution in [0.3, 0.4) is 0 Å². The molecular formula is C32H34Cl2F2N3O8S2+. The number of hydrogen-bond acceptors (Lipinski definition) is 9. The number of aromatic nitrogens is 1. The Bertz CT molecular complexity index is 1790. The van der Waals surface area contributed by atoms with Crippen molar-refractivity contribution < 1.29 is 50.7 Å². The Morgan fingerprint density at radius 1 is 1.06 bits per heavy atom. The fourth-order valence-corrected chi connectivity index (χ4v) is 7.76. The van der Waals surface area contributed by atoms with E-state index in [-0.39, 0.29) is 50.7 Å². The zero-order valence-corrected chi connectivity index (χ0v) is 29.8. The number of alkyl halides is 2. The van der Waals surface area contributed by atoms with Crippen LogP contribution in [0.2, 0.25) is 10.0 Å². The summed E-state index contributed by atoms with van der Waals surface area (Å²) >= 11 is 14.1. The van der Waals surface area contributed by atoms with Gasteiger partial charge in [0.2, 0.25) is 10.0 Å². The Balaban J connectivity index is 1.45. The maximum absolute atomic E-state index is 13.9. The topological polar surface area (TPSA) is 126 Å². The minimum Gasteiger partial charge on any atom is -0.495 e. The molecule has 1 amide bonds. The Labute approximate surface area is 296 Å². The number of esters is 1. The Hall–Kier alpha value is -3.37. The van der Waals surface area contributed by atoms with Crippen molar-refractivity contribution in [2.45, 2.75) is 42.2 Å². The molecule has 2 fully saturated rings. The molecule has 2 atom stereocenters. The highest BCUT2D eigenvalue weighted by Gasteiger charge is 2.39. The minimum absolute atomic E-state index is 0.00916. The molecule has 49 heavy (non-hydrogen) atoms. The number of H-pyrrole nitrogens is 1. The molecule has 1 aliphatic carbocycles. The van der Waals surface area contributed by atoms with Crippen LogP contribution >= 0.6 is 35.0 Å². The molecular weight excluding hydrogens is 727 g/mol. The number of rotatable bonds is 14. The zero-order valence-electron chi connectivity index (χ0n) is 26.7. The molecule has 1 aromatic heterocycles. The van der Waals surface area contributed by atoms with Crippen molar-refractivity contribution in [3.05, 3.63) is 75.5 Å². The number of ether oxygens (including phenoxy) is 4. The summed E-state index contributed by atoms with van der Waals surface area (Å²) in [7, 11) is 0.0640. The third kappa shape index (κ3) is 8.69. The van der Waals surface area contributed by atoms with Gasteiger partial charge in [-0.15, -0.1) is 11.8 Å². The molecule has 1 aliphatic heterocycles. The van der Waals surface area contributed by atoms with Gasteiger partial charge in [0, 0.05) is 43.9 Å². The molecule has 264 valence electrons. The van der Waals surface area contributed by atoms with Crippen molar-refractivity contribution >= 4 is 56.9 Å². The number of carbonyl (C=O) groups is 2. The van der Waals surface area contributed by atoms with Gasteiger partial charge in [-0.1, -0.05) is 29.3 Å². The Morgan fingerprint density at radius 3 is 2.39 bits per heavy atom. The summed E-state index contributed by atoms with van der Waals surface area (Å²) in [6.45, 7) is -2.60. The molecule has 11 nitrogen and oxygen atoms in total. The Morgan fingerprint density at radius 2 is 1.76 bits per heavy atom. The summed E-state index contributed by atoms with van der Waals surface area (Å²) in [5.41, 5.74) is 0.868. The fourth-order valence-electron chi connectivity index (χ4n) is 5.05. The van der Waals surface area contributed by atoms with Gasteiger partial charge in [-0.3, -0.25) is 4.79 Å². The number of thioether (sulfide) groups is 1. The SMILES string of the molecule is COc1ccc(C(=O)N2CCSC2C(=O)O[C@@H](Cc2c(Cl)c[nH+]cc2Cl)c2ccc(OC(F)F)c(OCC3CC3)c2)cc1S(=O)(=O)N(C)C. The van der Waals surface area contributed by atoms with Crippen molar-refractivity contribution in [2.24, 2.45) is 5.92 Å². The molecule has 1 unspecified atom stereocenters. The fraction of sp³-hybridized carbons (Fsp3) is 0.406. The average molecular weight is 762 g/mol. The Kier molecular flexibility index (Phi) is 11.8. The van der Waals surface area contributed by atoms with Gasteiger partial charge in [-0.05, 0) is 54.7 Å². The van der Waals surface area contributed by atoms with Gasteiger partial charge in [-0.2, -0.15) is 8.78 Å². The van der Waals surface area contributed by atoms with Crippen molar-refractivity contribution in [3.63, 3.8) is 0 Å². The predicted molar refractivity (Wildman–Crippen MR) is 178 cm³/mol. The summed E-state index contributed by atoms with van der Waals surface area (Å²) < 4.78 is 75.2. The number of aromatic amines is 1. The van der Waals surface area contributed by atoms with E-state index in [1.165, 1.54) is 86.7 Å². The van der Waals surface area contributed by atoms with E-state index in [0.717, 1.165) is 17.1 Å². The molecule has 2 aromatic carbocycles. The summed E-state index contributed by atoms with van der Waals surface area (Å²) in [5.74, 6) is -0.703. The largest absolute Gasteiger partial charge is 0.495 e. The van der Waals surface area contributed by atoms with E-state index in [1.807, 2.05) is 0 Å². The number of methoxy groups -OCH3 is 1. The first kappa shape index (κ1) is 36.9. The van der Waals surface area contributed by atoms with E-state index in [9.17, 15) is 26.8 Å². The van der Waals surface area contributed by atoms with Crippen LogP contribution in [0.25, 0.3) is 0 Å². The number of hydrogen-bond donors (Lipinski definition) is 0. The molecule has 1 saturated carbocycles. The molecule has 5 rings (SSSR count). The van der Waals surface area contributed by atoms with Crippen molar-refractivity contribution in [3.8, 4) is 17.2 Å². The predicted octanol–water partition coefficient (Wildman–Crippen LogP) is 5.50. The normalized spacial score (nSPS) is 16.9. The molecule has 0 bridgehead atoms.